The number of nitrogens with one attached hydrogen (secondary N) is 1. The van der Waals surface area contributed by atoms with E-state index in [1.54, 1.807) is 12.1 Å². The van der Waals surface area contributed by atoms with Gasteiger partial charge >= 0.3 is 0 Å². The van der Waals surface area contributed by atoms with Crippen molar-refractivity contribution < 1.29 is 4.74 Å². The Kier molecular flexibility index (Phi) is 5.85. The van der Waals surface area contributed by atoms with Crippen molar-refractivity contribution >= 4 is 33.2 Å². The van der Waals surface area contributed by atoms with Crippen LogP contribution in [0.4, 0.5) is 11.6 Å². The number of hydrogen-bond acceptors (Lipinski definition) is 7. The lowest BCUT2D eigenvalue weighted by Crippen LogP contribution is -1.99. The standard InChI is InChI=1S/C28H19N5OS/c1-17-13-20(5-6-21(17)16-30)24-10-9-23(14-18(24)2)34-27-26-25(11-12-35-26)32-28(33-27)31-22-7-3-19(15-29)4-8-22/h3-14H,1-2H3,(H,31,32,33). The quantitative estimate of drug-likeness (QED) is 0.289. The van der Waals surface area contributed by atoms with Crippen LogP contribution >= 0.6 is 11.3 Å². The molecule has 1 N–H and O–H groups in total. The normalized spacial score (nSPS) is 10.5. The number of thiophene rings is 1. The number of fused-ring (bicyclic) bond motifs is 1. The van der Waals surface area contributed by atoms with Crippen molar-refractivity contribution in [3.05, 3.63) is 94.4 Å². The Hall–Kier alpha value is -4.72. The smallest absolute Gasteiger partial charge is 0.242 e. The molecule has 3 aromatic carbocycles. The number of aromatic nitrogens is 2. The van der Waals surface area contributed by atoms with Crippen LogP contribution in [0.1, 0.15) is 22.3 Å². The van der Waals surface area contributed by atoms with Crippen LogP contribution in [0.2, 0.25) is 0 Å². The van der Waals surface area contributed by atoms with Gasteiger partial charge in [-0.25, -0.2) is 4.98 Å². The molecule has 0 radical (unpaired) electrons. The number of aryl methyl sites for hydroxylation is 2. The lowest BCUT2D eigenvalue weighted by atomic mass is 9.97. The first kappa shape index (κ1) is 22.1. The molecule has 0 saturated heterocycles. The van der Waals surface area contributed by atoms with Crippen LogP contribution in [-0.2, 0) is 0 Å². The van der Waals surface area contributed by atoms with Gasteiger partial charge in [-0.1, -0.05) is 18.2 Å². The molecule has 0 bridgehead atoms. The second-order valence-electron chi connectivity index (χ2n) is 8.02. The summed E-state index contributed by atoms with van der Waals surface area (Å²) in [6.45, 7) is 3.98. The average molecular weight is 474 g/mol. The van der Waals surface area contributed by atoms with E-state index < -0.39 is 0 Å². The first-order valence-electron chi connectivity index (χ1n) is 10.9. The fourth-order valence-corrected chi connectivity index (χ4v) is 4.57. The molecule has 35 heavy (non-hydrogen) atoms. The van der Waals surface area contributed by atoms with Crippen LogP contribution in [0.25, 0.3) is 21.3 Å². The summed E-state index contributed by atoms with van der Waals surface area (Å²) in [4.78, 5) is 9.21. The maximum Gasteiger partial charge on any atom is 0.242 e. The van der Waals surface area contributed by atoms with Gasteiger partial charge in [0, 0.05) is 5.69 Å². The number of benzene rings is 3. The Bertz CT molecular complexity index is 1640. The summed E-state index contributed by atoms with van der Waals surface area (Å²) >= 11 is 1.52. The molecule has 0 saturated carbocycles. The minimum absolute atomic E-state index is 0.414. The van der Waals surface area contributed by atoms with Crippen molar-refractivity contribution in [2.24, 2.45) is 0 Å². The summed E-state index contributed by atoms with van der Waals surface area (Å²) < 4.78 is 7.09. The van der Waals surface area contributed by atoms with Crippen LogP contribution in [0.3, 0.4) is 0 Å². The van der Waals surface area contributed by atoms with E-state index in [9.17, 15) is 5.26 Å². The molecule has 5 rings (SSSR count). The molecular formula is C28H19N5OS. The molecule has 0 amide bonds. The van der Waals surface area contributed by atoms with E-state index in [-0.39, 0.29) is 0 Å². The molecule has 0 atom stereocenters. The minimum atomic E-state index is 0.414. The van der Waals surface area contributed by atoms with Gasteiger partial charge in [-0.2, -0.15) is 15.5 Å². The summed E-state index contributed by atoms with van der Waals surface area (Å²) in [6, 6.07) is 25.1. The number of nitrogens with zero attached hydrogens (tertiary/aromatic N) is 4. The summed E-state index contributed by atoms with van der Waals surface area (Å²) in [7, 11) is 0. The summed E-state index contributed by atoms with van der Waals surface area (Å²) in [5, 5.41) is 23.4. The highest BCUT2D eigenvalue weighted by Crippen LogP contribution is 2.35. The topological polar surface area (TPSA) is 94.6 Å². The van der Waals surface area contributed by atoms with Crippen molar-refractivity contribution in [1.29, 1.82) is 10.5 Å². The third kappa shape index (κ3) is 4.54. The number of ether oxygens (including phenoxy) is 1. The Morgan fingerprint density at radius 1 is 0.857 bits per heavy atom. The largest absolute Gasteiger partial charge is 0.437 e. The summed E-state index contributed by atoms with van der Waals surface area (Å²) in [5.74, 6) is 1.56. The predicted octanol–water partition coefficient (Wildman–Crippen LogP) is 7.25. The average Bonchev–Trinajstić information content (AvgIpc) is 3.34. The molecule has 0 aliphatic carbocycles. The van der Waals surface area contributed by atoms with Crippen molar-refractivity contribution in [3.63, 3.8) is 0 Å². The second kappa shape index (κ2) is 9.26. The number of hydrogen-bond donors (Lipinski definition) is 1. The van der Waals surface area contributed by atoms with Crippen molar-refractivity contribution in [2.45, 2.75) is 13.8 Å². The van der Waals surface area contributed by atoms with Crippen LogP contribution in [0, 0.1) is 36.5 Å². The third-order valence-corrected chi connectivity index (χ3v) is 6.50. The SMILES string of the molecule is Cc1cc(-c2ccc(Oc3nc(Nc4ccc(C#N)cc4)nc4ccsc34)cc2C)ccc1C#N. The van der Waals surface area contributed by atoms with Gasteiger partial charge in [0.15, 0.2) is 0 Å². The Balaban J connectivity index is 1.44. The summed E-state index contributed by atoms with van der Waals surface area (Å²) in [5.41, 5.74) is 6.98. The van der Waals surface area contributed by atoms with E-state index in [0.29, 0.717) is 28.7 Å². The van der Waals surface area contributed by atoms with E-state index >= 15 is 0 Å². The molecule has 2 aromatic heterocycles. The molecule has 0 aliphatic heterocycles. The molecule has 2 heterocycles. The highest BCUT2D eigenvalue weighted by Gasteiger charge is 2.13. The van der Waals surface area contributed by atoms with Gasteiger partial charge in [0.05, 0.1) is 28.8 Å². The summed E-state index contributed by atoms with van der Waals surface area (Å²) in [6.07, 6.45) is 0. The molecule has 168 valence electrons. The zero-order valence-electron chi connectivity index (χ0n) is 19.0. The number of nitriles is 2. The van der Waals surface area contributed by atoms with Gasteiger partial charge in [-0.15, -0.1) is 11.3 Å². The lowest BCUT2D eigenvalue weighted by Gasteiger charge is -2.12. The highest BCUT2D eigenvalue weighted by atomic mass is 32.1. The van der Waals surface area contributed by atoms with E-state index in [4.69, 9.17) is 10.00 Å². The number of rotatable bonds is 5. The predicted molar refractivity (Wildman–Crippen MR) is 138 cm³/mol. The van der Waals surface area contributed by atoms with Crippen molar-refractivity contribution in [3.8, 4) is 34.9 Å². The van der Waals surface area contributed by atoms with Gasteiger partial charge in [0.1, 0.15) is 10.4 Å². The molecule has 0 unspecified atom stereocenters. The molecule has 6 nitrogen and oxygen atoms in total. The molecule has 0 fully saturated rings. The Morgan fingerprint density at radius 2 is 1.69 bits per heavy atom. The minimum Gasteiger partial charge on any atom is -0.437 e. The van der Waals surface area contributed by atoms with Crippen LogP contribution < -0.4 is 10.1 Å². The first-order chi connectivity index (χ1) is 17.0. The van der Waals surface area contributed by atoms with E-state index in [0.717, 1.165) is 38.2 Å². The second-order valence-corrected chi connectivity index (χ2v) is 8.94. The van der Waals surface area contributed by atoms with Crippen LogP contribution in [0.5, 0.6) is 11.6 Å². The maximum atomic E-state index is 9.20. The zero-order valence-corrected chi connectivity index (χ0v) is 19.9. The Morgan fingerprint density at radius 3 is 2.40 bits per heavy atom. The lowest BCUT2D eigenvalue weighted by molar-refractivity contribution is 0.469. The molecule has 7 heteroatoms. The number of anilines is 2. The van der Waals surface area contributed by atoms with E-state index in [2.05, 4.69) is 27.4 Å². The first-order valence-corrected chi connectivity index (χ1v) is 11.7. The molecule has 0 aliphatic rings. The Labute approximate surface area is 206 Å². The van der Waals surface area contributed by atoms with Gasteiger partial charge in [-0.05, 0) is 90.0 Å². The van der Waals surface area contributed by atoms with Gasteiger partial charge in [0.25, 0.3) is 0 Å². The highest BCUT2D eigenvalue weighted by molar-refractivity contribution is 7.17. The molecule has 5 aromatic rings. The van der Waals surface area contributed by atoms with E-state index in [1.165, 1.54) is 11.3 Å². The fourth-order valence-electron chi connectivity index (χ4n) is 3.81. The van der Waals surface area contributed by atoms with Crippen LogP contribution in [0.15, 0.2) is 72.1 Å². The van der Waals surface area contributed by atoms with E-state index in [1.807, 2.05) is 73.8 Å². The molecular weight excluding hydrogens is 454 g/mol. The van der Waals surface area contributed by atoms with Crippen molar-refractivity contribution in [2.75, 3.05) is 5.32 Å². The monoisotopic (exact) mass is 473 g/mol. The van der Waals surface area contributed by atoms with Gasteiger partial charge in [0.2, 0.25) is 11.8 Å². The maximum absolute atomic E-state index is 9.20. The third-order valence-electron chi connectivity index (χ3n) is 5.61. The van der Waals surface area contributed by atoms with Crippen molar-refractivity contribution in [1.82, 2.24) is 9.97 Å². The molecule has 0 spiro atoms. The van der Waals surface area contributed by atoms with Gasteiger partial charge in [-0.3, -0.25) is 0 Å². The van der Waals surface area contributed by atoms with Crippen LogP contribution in [-0.4, -0.2) is 9.97 Å². The zero-order chi connectivity index (χ0) is 24.4. The van der Waals surface area contributed by atoms with Gasteiger partial charge < -0.3 is 10.1 Å². The fraction of sp³-hybridized carbons (Fsp3) is 0.0714.